The van der Waals surface area contributed by atoms with E-state index in [1.807, 2.05) is 13.8 Å². The quantitative estimate of drug-likeness (QED) is 0.622. The summed E-state index contributed by atoms with van der Waals surface area (Å²) >= 11 is 1.74. The van der Waals surface area contributed by atoms with Crippen LogP contribution in [0.2, 0.25) is 0 Å². The second kappa shape index (κ2) is 7.59. The minimum Gasteiger partial charge on any atom is -0.398 e. The van der Waals surface area contributed by atoms with Crippen molar-refractivity contribution < 1.29 is 18.0 Å². The molecule has 7 heteroatoms. The number of nitrogen functional groups attached to an aromatic ring is 1. The topological polar surface area (TPSA) is 55.1 Å². The van der Waals surface area contributed by atoms with E-state index in [-0.39, 0.29) is 17.3 Å². The van der Waals surface area contributed by atoms with Crippen molar-refractivity contribution in [3.63, 3.8) is 0 Å². The molecule has 3 nitrogen and oxygen atoms in total. The van der Waals surface area contributed by atoms with Crippen LogP contribution in [0.4, 0.5) is 18.9 Å². The van der Waals surface area contributed by atoms with Gasteiger partial charge in [0, 0.05) is 11.7 Å². The molecule has 1 unspecified atom stereocenters. The van der Waals surface area contributed by atoms with Crippen molar-refractivity contribution >= 4 is 23.4 Å². The molecular weight excluding hydrogens is 301 g/mol. The molecule has 0 aliphatic heterocycles. The number of hydrogen-bond donors (Lipinski definition) is 2. The molecular formula is C14H19F3N2OS. The van der Waals surface area contributed by atoms with Gasteiger partial charge < -0.3 is 11.1 Å². The van der Waals surface area contributed by atoms with E-state index in [2.05, 4.69) is 5.32 Å². The summed E-state index contributed by atoms with van der Waals surface area (Å²) in [4.78, 5) is 12.0. The number of hydrogen-bond acceptors (Lipinski definition) is 3. The van der Waals surface area contributed by atoms with Crippen LogP contribution in [0, 0.1) is 0 Å². The third kappa shape index (κ3) is 5.49. The molecule has 0 heterocycles. The lowest BCUT2D eigenvalue weighted by atomic mass is 10.1. The predicted octanol–water partition coefficient (Wildman–Crippen LogP) is 3.55. The van der Waals surface area contributed by atoms with Crippen LogP contribution in [0.15, 0.2) is 18.2 Å². The summed E-state index contributed by atoms with van der Waals surface area (Å²) < 4.78 is 38.0. The maximum atomic E-state index is 12.7. The molecule has 0 aromatic heterocycles. The fraction of sp³-hybridized carbons (Fsp3) is 0.500. The predicted molar refractivity (Wildman–Crippen MR) is 80.4 cm³/mol. The number of nitrogens with two attached hydrogens (primary N) is 1. The average molecular weight is 320 g/mol. The van der Waals surface area contributed by atoms with Crippen LogP contribution in [0.1, 0.15) is 36.2 Å². The van der Waals surface area contributed by atoms with E-state index >= 15 is 0 Å². The Bertz CT molecular complexity index is 492. The Hall–Kier alpha value is -1.37. The third-order valence-electron chi connectivity index (χ3n) is 2.90. The Labute approximate surface area is 126 Å². The number of thioether (sulfide) groups is 1. The van der Waals surface area contributed by atoms with Crippen LogP contribution < -0.4 is 11.1 Å². The van der Waals surface area contributed by atoms with Crippen molar-refractivity contribution in [3.8, 4) is 0 Å². The van der Waals surface area contributed by atoms with Crippen molar-refractivity contribution in [1.29, 1.82) is 0 Å². The number of rotatable bonds is 6. The lowest BCUT2D eigenvalue weighted by Gasteiger charge is -2.15. The highest BCUT2D eigenvalue weighted by molar-refractivity contribution is 7.99. The number of alkyl halides is 3. The van der Waals surface area contributed by atoms with Crippen molar-refractivity contribution in [2.75, 3.05) is 17.2 Å². The molecule has 0 aliphatic rings. The zero-order chi connectivity index (χ0) is 16.0. The van der Waals surface area contributed by atoms with E-state index in [0.29, 0.717) is 0 Å². The van der Waals surface area contributed by atoms with E-state index < -0.39 is 17.6 Å². The number of carbonyl (C=O) groups is 1. The Morgan fingerprint density at radius 2 is 2.10 bits per heavy atom. The molecule has 0 radical (unpaired) electrons. The molecule has 0 bridgehead atoms. The Morgan fingerprint density at radius 1 is 1.43 bits per heavy atom. The standard InChI is InChI=1S/C14H19F3N2OS/c1-3-21-7-6-9(2)19-13(20)11-8-10(14(15,16)17)4-5-12(11)18/h4-5,8-9H,3,6-7,18H2,1-2H3,(H,19,20). The van der Waals surface area contributed by atoms with Gasteiger partial charge in [-0.05, 0) is 43.0 Å². The number of anilines is 1. The van der Waals surface area contributed by atoms with Crippen LogP contribution in [0.25, 0.3) is 0 Å². The van der Waals surface area contributed by atoms with Gasteiger partial charge in [-0.1, -0.05) is 6.92 Å². The van der Waals surface area contributed by atoms with Gasteiger partial charge in [-0.15, -0.1) is 0 Å². The summed E-state index contributed by atoms with van der Waals surface area (Å²) in [6.45, 7) is 3.86. The highest BCUT2D eigenvalue weighted by Crippen LogP contribution is 2.31. The minimum absolute atomic E-state index is 0.0376. The summed E-state index contributed by atoms with van der Waals surface area (Å²) in [5.41, 5.74) is 4.62. The summed E-state index contributed by atoms with van der Waals surface area (Å²) in [7, 11) is 0. The Kier molecular flexibility index (Phi) is 6.39. The van der Waals surface area contributed by atoms with E-state index in [0.717, 1.165) is 36.1 Å². The van der Waals surface area contributed by atoms with Gasteiger partial charge in [0.05, 0.1) is 11.1 Å². The molecule has 0 fully saturated rings. The van der Waals surface area contributed by atoms with Gasteiger partial charge in [0.25, 0.3) is 5.91 Å². The molecule has 1 atom stereocenters. The van der Waals surface area contributed by atoms with Gasteiger partial charge in [0.1, 0.15) is 0 Å². The van der Waals surface area contributed by atoms with Crippen molar-refractivity contribution in [1.82, 2.24) is 5.32 Å². The molecule has 1 aromatic carbocycles. The fourth-order valence-electron chi connectivity index (χ4n) is 1.71. The van der Waals surface area contributed by atoms with Crippen molar-refractivity contribution in [2.24, 2.45) is 0 Å². The summed E-state index contributed by atoms with van der Waals surface area (Å²) in [6, 6.07) is 2.64. The number of carbonyl (C=O) groups excluding carboxylic acids is 1. The monoisotopic (exact) mass is 320 g/mol. The summed E-state index contributed by atoms with van der Waals surface area (Å²) in [5.74, 6) is 1.30. The second-order valence-corrected chi connectivity index (χ2v) is 6.05. The summed E-state index contributed by atoms with van der Waals surface area (Å²) in [6.07, 6.45) is -3.74. The highest BCUT2D eigenvalue weighted by Gasteiger charge is 2.31. The molecule has 1 rings (SSSR count). The third-order valence-corrected chi connectivity index (χ3v) is 3.83. The summed E-state index contributed by atoms with van der Waals surface area (Å²) in [5, 5.41) is 2.67. The van der Waals surface area contributed by atoms with Gasteiger partial charge in [-0.3, -0.25) is 4.79 Å². The van der Waals surface area contributed by atoms with Gasteiger partial charge in [-0.2, -0.15) is 24.9 Å². The maximum absolute atomic E-state index is 12.7. The van der Waals surface area contributed by atoms with E-state index in [1.54, 1.807) is 11.8 Å². The number of nitrogens with one attached hydrogen (secondary N) is 1. The van der Waals surface area contributed by atoms with Crippen LogP contribution in [-0.2, 0) is 6.18 Å². The van der Waals surface area contributed by atoms with Gasteiger partial charge in [0.2, 0.25) is 0 Å². The second-order valence-electron chi connectivity index (χ2n) is 4.66. The van der Waals surface area contributed by atoms with E-state index in [4.69, 9.17) is 5.73 Å². The first-order valence-electron chi connectivity index (χ1n) is 6.61. The first-order chi connectivity index (χ1) is 9.75. The zero-order valence-electron chi connectivity index (χ0n) is 12.0. The lowest BCUT2D eigenvalue weighted by molar-refractivity contribution is -0.137. The number of amides is 1. The first-order valence-corrected chi connectivity index (χ1v) is 7.76. The van der Waals surface area contributed by atoms with E-state index in [9.17, 15) is 18.0 Å². The first kappa shape index (κ1) is 17.7. The SMILES string of the molecule is CCSCCC(C)NC(=O)c1cc(C(F)(F)F)ccc1N. The van der Waals surface area contributed by atoms with Gasteiger partial charge in [0.15, 0.2) is 0 Å². The molecule has 0 spiro atoms. The van der Waals surface area contributed by atoms with Crippen molar-refractivity contribution in [3.05, 3.63) is 29.3 Å². The van der Waals surface area contributed by atoms with Crippen LogP contribution in [0.3, 0.4) is 0 Å². The lowest BCUT2D eigenvalue weighted by Crippen LogP contribution is -2.33. The van der Waals surface area contributed by atoms with Crippen LogP contribution in [-0.4, -0.2) is 23.5 Å². The van der Waals surface area contributed by atoms with Gasteiger partial charge in [-0.25, -0.2) is 0 Å². The van der Waals surface area contributed by atoms with Crippen LogP contribution in [0.5, 0.6) is 0 Å². The Morgan fingerprint density at radius 3 is 2.67 bits per heavy atom. The fourth-order valence-corrected chi connectivity index (χ4v) is 2.52. The molecule has 0 saturated heterocycles. The van der Waals surface area contributed by atoms with Gasteiger partial charge >= 0.3 is 6.18 Å². The molecule has 118 valence electrons. The molecule has 0 aliphatic carbocycles. The molecule has 1 amide bonds. The Balaban J connectivity index is 2.78. The molecule has 21 heavy (non-hydrogen) atoms. The molecule has 1 aromatic rings. The molecule has 0 saturated carbocycles. The molecule has 3 N–H and O–H groups in total. The van der Waals surface area contributed by atoms with Crippen molar-refractivity contribution in [2.45, 2.75) is 32.5 Å². The van der Waals surface area contributed by atoms with E-state index in [1.165, 1.54) is 0 Å². The maximum Gasteiger partial charge on any atom is 0.416 e. The van der Waals surface area contributed by atoms with Crippen LogP contribution >= 0.6 is 11.8 Å². The minimum atomic E-state index is -4.49. The average Bonchev–Trinajstić information content (AvgIpc) is 2.37. The normalized spacial score (nSPS) is 13.0. The highest BCUT2D eigenvalue weighted by atomic mass is 32.2. The smallest absolute Gasteiger partial charge is 0.398 e. The zero-order valence-corrected chi connectivity index (χ0v) is 12.8. The largest absolute Gasteiger partial charge is 0.416 e. The number of halogens is 3. The number of benzene rings is 1.